The molecule has 1 unspecified atom stereocenters. The molecule has 454 valence electrons. The van der Waals surface area contributed by atoms with E-state index in [4.69, 9.17) is 9.47 Å². The molecule has 0 bridgehead atoms. The van der Waals surface area contributed by atoms with Crippen molar-refractivity contribution >= 4 is 11.9 Å². The molecule has 1 atom stereocenters. The van der Waals surface area contributed by atoms with E-state index in [9.17, 15) is 14.7 Å². The molecule has 0 aliphatic carbocycles. The van der Waals surface area contributed by atoms with Crippen LogP contribution in [0.25, 0.3) is 0 Å². The zero-order valence-corrected chi connectivity index (χ0v) is 52.0. The molecule has 0 rings (SSSR count). The molecule has 0 fully saturated rings. The predicted molar refractivity (Wildman–Crippen MR) is 352 cm³/mol. The van der Waals surface area contributed by atoms with Gasteiger partial charge in [0.2, 0.25) is 0 Å². The van der Waals surface area contributed by atoms with E-state index in [1.54, 1.807) is 0 Å². The van der Waals surface area contributed by atoms with Crippen molar-refractivity contribution in [3.63, 3.8) is 0 Å². The molecule has 0 saturated carbocycles. The Hall–Kier alpha value is -4.22. The van der Waals surface area contributed by atoms with Crippen molar-refractivity contribution in [1.29, 1.82) is 0 Å². The Labute approximate surface area is 495 Å². The SMILES string of the molecule is CC/C=C\C/C=C\C/C=C\C/C=C\C/C=C\C/C=C\C/C=C\CCCCCCCCCCCCCCCCCC(=O)OC(CO)COC(=O)CCCCCCCCCCCCCCC/C=C\C/C=C\C/C=C\C/C=C\C/C=C\CC. The largest absolute Gasteiger partial charge is 0.462 e. The van der Waals surface area contributed by atoms with Gasteiger partial charge in [-0.15, -0.1) is 0 Å². The summed E-state index contributed by atoms with van der Waals surface area (Å²) in [6.45, 7) is 3.93. The number of rotatable bonds is 60. The summed E-state index contributed by atoms with van der Waals surface area (Å²) in [5.74, 6) is -0.590. The van der Waals surface area contributed by atoms with Gasteiger partial charge in [-0.3, -0.25) is 9.59 Å². The molecule has 0 aliphatic rings. The van der Waals surface area contributed by atoms with Crippen LogP contribution in [0.1, 0.15) is 296 Å². The Bertz CT molecular complexity index is 1680. The summed E-state index contributed by atoms with van der Waals surface area (Å²) >= 11 is 0. The highest BCUT2D eigenvalue weighted by molar-refractivity contribution is 5.70. The lowest BCUT2D eigenvalue weighted by atomic mass is 10.0. The Morgan fingerprint density at radius 2 is 0.500 bits per heavy atom. The van der Waals surface area contributed by atoms with E-state index >= 15 is 0 Å². The fourth-order valence-electron chi connectivity index (χ4n) is 9.21. The van der Waals surface area contributed by atoms with Gasteiger partial charge in [-0.05, 0) is 116 Å². The van der Waals surface area contributed by atoms with E-state index in [1.807, 2.05) is 0 Å². The minimum absolute atomic E-state index is 0.0715. The van der Waals surface area contributed by atoms with Crippen molar-refractivity contribution in [2.24, 2.45) is 0 Å². The Kier molecular flexibility index (Phi) is 65.4. The smallest absolute Gasteiger partial charge is 0.306 e. The highest BCUT2D eigenvalue weighted by Crippen LogP contribution is 2.17. The van der Waals surface area contributed by atoms with Crippen LogP contribution >= 0.6 is 0 Å². The van der Waals surface area contributed by atoms with E-state index in [0.29, 0.717) is 12.8 Å². The molecule has 5 nitrogen and oxygen atoms in total. The molecule has 5 heteroatoms. The number of hydrogen-bond acceptors (Lipinski definition) is 5. The van der Waals surface area contributed by atoms with Gasteiger partial charge in [0.05, 0.1) is 6.61 Å². The molecule has 0 radical (unpaired) electrons. The molecule has 0 heterocycles. The zero-order valence-electron chi connectivity index (χ0n) is 52.0. The molecule has 0 aromatic heterocycles. The minimum atomic E-state index is -0.782. The first-order chi connectivity index (χ1) is 39.6. The number of aliphatic hydroxyl groups is 1. The number of carbonyl (C=O) groups excluding carboxylic acids is 2. The van der Waals surface area contributed by atoms with Crippen LogP contribution in [0, 0.1) is 0 Å². The van der Waals surface area contributed by atoms with Gasteiger partial charge in [0, 0.05) is 12.8 Å². The Morgan fingerprint density at radius 1 is 0.287 bits per heavy atom. The number of hydrogen-bond donors (Lipinski definition) is 1. The van der Waals surface area contributed by atoms with Crippen LogP contribution in [0.5, 0.6) is 0 Å². The number of allylic oxidation sites excluding steroid dienone is 24. The van der Waals surface area contributed by atoms with Crippen LogP contribution in [0.4, 0.5) is 0 Å². The van der Waals surface area contributed by atoms with Gasteiger partial charge in [0.15, 0.2) is 6.10 Å². The number of esters is 2. The summed E-state index contributed by atoms with van der Waals surface area (Å²) in [7, 11) is 0. The maximum Gasteiger partial charge on any atom is 0.306 e. The van der Waals surface area contributed by atoms with Crippen molar-refractivity contribution in [3.05, 3.63) is 146 Å². The van der Waals surface area contributed by atoms with E-state index in [0.717, 1.165) is 116 Å². The topological polar surface area (TPSA) is 72.8 Å². The standard InChI is InChI=1S/C75H124O5/c1-3-5-7-9-11-13-15-17-19-21-23-25-27-29-31-33-34-35-36-37-38-39-40-42-44-46-48-50-52-54-56-58-60-62-64-66-68-70-75(78)80-73(71-76)72-79-74(77)69-67-65-63-61-59-57-55-53-51-49-47-45-43-41-32-30-28-26-24-22-20-18-16-14-12-10-8-6-4-2/h5-8,11-14,17-20,23-26,29-32,34-35,37-38,73,76H,3-4,9-10,15-16,21-22,27-28,33,36,39-72H2,1-2H3/b7-5-,8-6-,13-11-,14-12-,19-17-,20-18-,25-23-,26-24-,31-29-,32-30-,35-34-,38-37-. The highest BCUT2D eigenvalue weighted by Gasteiger charge is 2.16. The van der Waals surface area contributed by atoms with Crippen LogP contribution in [0.2, 0.25) is 0 Å². The second kappa shape index (κ2) is 69.1. The van der Waals surface area contributed by atoms with Gasteiger partial charge >= 0.3 is 11.9 Å². The lowest BCUT2D eigenvalue weighted by Crippen LogP contribution is -2.28. The molecular formula is C75H124O5. The average molecular weight is 1110 g/mol. The number of carbonyl (C=O) groups is 2. The average Bonchev–Trinajstić information content (AvgIpc) is 3.46. The van der Waals surface area contributed by atoms with E-state index < -0.39 is 6.10 Å². The molecule has 0 spiro atoms. The van der Waals surface area contributed by atoms with Crippen molar-refractivity contribution < 1.29 is 24.2 Å². The van der Waals surface area contributed by atoms with Crippen LogP contribution in [-0.2, 0) is 19.1 Å². The first-order valence-corrected chi connectivity index (χ1v) is 33.4. The van der Waals surface area contributed by atoms with E-state index in [-0.39, 0.29) is 25.2 Å². The number of ether oxygens (including phenoxy) is 2. The molecule has 0 aromatic carbocycles. The fourth-order valence-corrected chi connectivity index (χ4v) is 9.21. The quantitative estimate of drug-likeness (QED) is 0.0373. The van der Waals surface area contributed by atoms with Crippen LogP contribution < -0.4 is 0 Å². The summed E-state index contributed by atoms with van der Waals surface area (Å²) in [5, 5.41) is 9.70. The second-order valence-electron chi connectivity index (χ2n) is 21.8. The van der Waals surface area contributed by atoms with Gasteiger partial charge < -0.3 is 14.6 Å². The first-order valence-electron chi connectivity index (χ1n) is 33.4. The van der Waals surface area contributed by atoms with E-state index in [2.05, 4.69) is 160 Å². The molecule has 0 amide bonds. The van der Waals surface area contributed by atoms with Gasteiger partial charge in [0.1, 0.15) is 6.61 Å². The maximum absolute atomic E-state index is 12.4. The predicted octanol–water partition coefficient (Wildman–Crippen LogP) is 23.3. The van der Waals surface area contributed by atoms with Crippen molar-refractivity contribution in [1.82, 2.24) is 0 Å². The van der Waals surface area contributed by atoms with Crippen LogP contribution in [-0.4, -0.2) is 36.4 Å². The molecule has 80 heavy (non-hydrogen) atoms. The molecule has 1 N–H and O–H groups in total. The third kappa shape index (κ3) is 66.3. The third-order valence-electron chi connectivity index (χ3n) is 14.1. The normalized spacial score (nSPS) is 13.2. The lowest BCUT2D eigenvalue weighted by Gasteiger charge is -2.15. The van der Waals surface area contributed by atoms with Gasteiger partial charge in [-0.25, -0.2) is 0 Å². The van der Waals surface area contributed by atoms with Crippen molar-refractivity contribution in [2.45, 2.75) is 302 Å². The zero-order chi connectivity index (χ0) is 57.6. The van der Waals surface area contributed by atoms with Gasteiger partial charge in [-0.2, -0.15) is 0 Å². The first kappa shape index (κ1) is 75.8. The summed E-state index contributed by atoms with van der Waals surface area (Å²) in [4.78, 5) is 24.6. The molecule has 0 aromatic rings. The number of unbranched alkanes of at least 4 members (excludes halogenated alkanes) is 28. The Morgan fingerprint density at radius 3 is 0.750 bits per heavy atom. The molecule has 0 aliphatic heterocycles. The van der Waals surface area contributed by atoms with Gasteiger partial charge in [-0.1, -0.05) is 314 Å². The second-order valence-corrected chi connectivity index (χ2v) is 21.8. The fraction of sp³-hybridized carbons (Fsp3) is 0.653. The van der Waals surface area contributed by atoms with Crippen molar-refractivity contribution in [3.8, 4) is 0 Å². The lowest BCUT2D eigenvalue weighted by molar-refractivity contribution is -0.161. The maximum atomic E-state index is 12.4. The summed E-state index contributed by atoms with van der Waals surface area (Å²) < 4.78 is 10.7. The van der Waals surface area contributed by atoms with Crippen molar-refractivity contribution in [2.75, 3.05) is 13.2 Å². The minimum Gasteiger partial charge on any atom is -0.462 e. The molecular weight excluding hydrogens is 981 g/mol. The van der Waals surface area contributed by atoms with Crippen LogP contribution in [0.3, 0.4) is 0 Å². The van der Waals surface area contributed by atoms with Gasteiger partial charge in [0.25, 0.3) is 0 Å². The number of aliphatic hydroxyl groups excluding tert-OH is 1. The summed E-state index contributed by atoms with van der Waals surface area (Å²) in [6.07, 6.45) is 104. The highest BCUT2D eigenvalue weighted by atomic mass is 16.6. The monoisotopic (exact) mass is 1100 g/mol. The Balaban J connectivity index is 3.50. The summed E-state index contributed by atoms with van der Waals surface area (Å²) in [5.41, 5.74) is 0. The summed E-state index contributed by atoms with van der Waals surface area (Å²) in [6, 6.07) is 0. The van der Waals surface area contributed by atoms with Crippen LogP contribution in [0.15, 0.2) is 146 Å². The van der Waals surface area contributed by atoms with E-state index in [1.165, 1.54) is 154 Å². The molecule has 0 saturated heterocycles. The third-order valence-corrected chi connectivity index (χ3v) is 14.1.